The van der Waals surface area contributed by atoms with E-state index in [9.17, 15) is 17.6 Å². The number of benzene rings is 2. The quantitative estimate of drug-likeness (QED) is 0.267. The first-order valence-electron chi connectivity index (χ1n) is 9.72. The van der Waals surface area contributed by atoms with Gasteiger partial charge in [-0.3, -0.25) is 4.40 Å². The summed E-state index contributed by atoms with van der Waals surface area (Å²) in [5, 5.41) is 1.28. The zero-order valence-corrected chi connectivity index (χ0v) is 17.5. The number of alkyl halides is 3. The van der Waals surface area contributed by atoms with Crippen LogP contribution in [0.25, 0.3) is 16.6 Å². The predicted octanol–water partition coefficient (Wildman–Crippen LogP) is 6.14. The van der Waals surface area contributed by atoms with Crippen molar-refractivity contribution in [3.05, 3.63) is 65.3 Å². The Morgan fingerprint density at radius 1 is 1.16 bits per heavy atom. The van der Waals surface area contributed by atoms with Crippen molar-refractivity contribution in [3.63, 3.8) is 0 Å². The monoisotopic (exact) mass is 458 g/mol. The van der Waals surface area contributed by atoms with Crippen molar-refractivity contribution in [3.8, 4) is 11.8 Å². The average molecular weight is 459 g/mol. The van der Waals surface area contributed by atoms with Crippen LogP contribution in [-0.4, -0.2) is 27.6 Å². The highest BCUT2D eigenvalue weighted by molar-refractivity contribution is 6.31. The molecule has 1 fully saturated rings. The van der Waals surface area contributed by atoms with Gasteiger partial charge >= 0.3 is 6.18 Å². The van der Waals surface area contributed by atoms with Crippen LogP contribution in [0.4, 0.5) is 29.1 Å². The molecule has 1 aliphatic rings. The minimum absolute atomic E-state index is 0.0323. The Kier molecular flexibility index (Phi) is 4.57. The molecular weight excluding hydrogens is 444 g/mol. The molecule has 2 aromatic heterocycles. The highest BCUT2D eigenvalue weighted by Gasteiger charge is 2.62. The lowest BCUT2D eigenvalue weighted by atomic mass is 10.1. The summed E-state index contributed by atoms with van der Waals surface area (Å²) in [7, 11) is 1.70. The van der Waals surface area contributed by atoms with Gasteiger partial charge in [0.25, 0.3) is 0 Å². The third-order valence-electron chi connectivity index (χ3n) is 5.63. The summed E-state index contributed by atoms with van der Waals surface area (Å²) >= 11 is 6.17. The topological polar surface area (TPSA) is 33.4 Å². The number of halogens is 5. The van der Waals surface area contributed by atoms with Gasteiger partial charge in [0.15, 0.2) is 5.65 Å². The highest BCUT2D eigenvalue weighted by Crippen LogP contribution is 2.57. The molecule has 4 aromatic rings. The number of nitrogens with zero attached hydrogens (tertiary/aromatic N) is 4. The van der Waals surface area contributed by atoms with Gasteiger partial charge in [0.05, 0.1) is 11.7 Å². The summed E-state index contributed by atoms with van der Waals surface area (Å²) in [5.41, 5.74) is -0.0768. The molecule has 32 heavy (non-hydrogen) atoms. The van der Waals surface area contributed by atoms with Crippen molar-refractivity contribution in [1.82, 2.24) is 14.4 Å². The fourth-order valence-electron chi connectivity index (χ4n) is 3.63. The number of rotatable bonds is 2. The summed E-state index contributed by atoms with van der Waals surface area (Å²) in [6.45, 7) is 0. The van der Waals surface area contributed by atoms with Gasteiger partial charge in [-0.1, -0.05) is 23.4 Å². The molecule has 0 radical (unpaired) electrons. The molecular formula is C23H15ClF4N4. The van der Waals surface area contributed by atoms with Gasteiger partial charge in [-0.25, -0.2) is 14.4 Å². The number of fused-ring (bicyclic) bond motifs is 3. The van der Waals surface area contributed by atoms with E-state index in [0.29, 0.717) is 22.2 Å². The molecule has 5 rings (SSSR count). The normalized spacial score (nSPS) is 14.9. The van der Waals surface area contributed by atoms with Gasteiger partial charge in [0, 0.05) is 28.7 Å². The lowest BCUT2D eigenvalue weighted by molar-refractivity contribution is -0.168. The largest absolute Gasteiger partial charge is 0.405 e. The highest BCUT2D eigenvalue weighted by atomic mass is 35.5. The van der Waals surface area contributed by atoms with Crippen molar-refractivity contribution < 1.29 is 17.6 Å². The molecule has 0 atom stereocenters. The second kappa shape index (κ2) is 7.10. The van der Waals surface area contributed by atoms with Gasteiger partial charge < -0.3 is 4.90 Å². The summed E-state index contributed by atoms with van der Waals surface area (Å²) in [6, 6.07) is 9.26. The summed E-state index contributed by atoms with van der Waals surface area (Å²) < 4.78 is 55.7. The molecule has 9 heteroatoms. The van der Waals surface area contributed by atoms with Crippen LogP contribution in [0, 0.1) is 23.1 Å². The van der Waals surface area contributed by atoms with Gasteiger partial charge in [-0.15, -0.1) is 0 Å². The first-order valence-corrected chi connectivity index (χ1v) is 10.1. The fraction of sp³-hybridized carbons (Fsp3) is 0.217. The maximum Gasteiger partial charge on any atom is 0.405 e. The van der Waals surface area contributed by atoms with E-state index in [1.165, 1.54) is 6.07 Å². The van der Waals surface area contributed by atoms with E-state index < -0.39 is 17.4 Å². The van der Waals surface area contributed by atoms with E-state index in [1.807, 2.05) is 0 Å². The second-order valence-electron chi connectivity index (χ2n) is 7.81. The minimum atomic E-state index is -4.39. The standard InChI is InChI=1S/C23H15ClF4N4/c1-31(21-18-3-2-15(24)10-19(18)32-13-29-12-20(32)30-21)17-9-14(8-16(25)11-17)4-5-22(6-7-22)23(26,27)28/h2-3,8-13H,6-7H2,1H3. The zero-order chi connectivity index (χ0) is 22.7. The van der Waals surface area contributed by atoms with Crippen LogP contribution in [-0.2, 0) is 0 Å². The van der Waals surface area contributed by atoms with E-state index in [-0.39, 0.29) is 18.4 Å². The van der Waals surface area contributed by atoms with Crippen molar-refractivity contribution >= 4 is 39.7 Å². The van der Waals surface area contributed by atoms with E-state index in [1.54, 1.807) is 53.1 Å². The summed E-state index contributed by atoms with van der Waals surface area (Å²) in [6.07, 6.45) is -1.25. The van der Waals surface area contributed by atoms with E-state index in [0.717, 1.165) is 17.0 Å². The number of imidazole rings is 1. The number of hydrogen-bond acceptors (Lipinski definition) is 3. The zero-order valence-electron chi connectivity index (χ0n) is 16.7. The number of aromatic nitrogens is 3. The molecule has 1 aliphatic carbocycles. The van der Waals surface area contributed by atoms with E-state index in [2.05, 4.69) is 21.8 Å². The minimum Gasteiger partial charge on any atom is -0.329 e. The van der Waals surface area contributed by atoms with Gasteiger partial charge in [-0.2, -0.15) is 13.2 Å². The van der Waals surface area contributed by atoms with E-state index in [4.69, 9.17) is 11.6 Å². The smallest absolute Gasteiger partial charge is 0.329 e. The van der Waals surface area contributed by atoms with Crippen molar-refractivity contribution in [2.24, 2.45) is 5.41 Å². The molecule has 0 aliphatic heterocycles. The van der Waals surface area contributed by atoms with Crippen LogP contribution >= 0.6 is 11.6 Å². The molecule has 0 unspecified atom stereocenters. The molecule has 2 aromatic carbocycles. The lowest BCUT2D eigenvalue weighted by Gasteiger charge is -2.21. The third kappa shape index (κ3) is 3.43. The molecule has 1 saturated carbocycles. The SMILES string of the molecule is CN(c1cc(F)cc(C#CC2(C(F)(F)F)CC2)c1)c1nc2cncn2c2cc(Cl)ccc12. The first kappa shape index (κ1) is 20.6. The maximum atomic E-state index is 14.4. The molecule has 4 nitrogen and oxygen atoms in total. The van der Waals surface area contributed by atoms with Gasteiger partial charge in [0.2, 0.25) is 0 Å². The molecule has 0 spiro atoms. The molecule has 0 saturated heterocycles. The first-order chi connectivity index (χ1) is 15.2. The van der Waals surface area contributed by atoms with Crippen LogP contribution in [0.3, 0.4) is 0 Å². The summed E-state index contributed by atoms with van der Waals surface area (Å²) in [4.78, 5) is 10.4. The van der Waals surface area contributed by atoms with E-state index >= 15 is 0 Å². The van der Waals surface area contributed by atoms with Crippen molar-refractivity contribution in [2.45, 2.75) is 19.0 Å². The Labute approximate surface area is 185 Å². The molecule has 0 amide bonds. The Morgan fingerprint density at radius 2 is 1.94 bits per heavy atom. The van der Waals surface area contributed by atoms with Crippen LogP contribution in [0.15, 0.2) is 48.9 Å². The van der Waals surface area contributed by atoms with Crippen molar-refractivity contribution in [2.75, 3.05) is 11.9 Å². The molecule has 2 heterocycles. The predicted molar refractivity (Wildman–Crippen MR) is 115 cm³/mol. The Bertz CT molecular complexity index is 1430. The van der Waals surface area contributed by atoms with Crippen LogP contribution < -0.4 is 4.90 Å². The molecule has 0 bridgehead atoms. The van der Waals surface area contributed by atoms with Gasteiger partial charge in [-0.05, 0) is 49.2 Å². The van der Waals surface area contributed by atoms with Crippen LogP contribution in [0.2, 0.25) is 5.02 Å². The Balaban J connectivity index is 1.60. The number of hydrogen-bond donors (Lipinski definition) is 0. The van der Waals surface area contributed by atoms with Crippen LogP contribution in [0.5, 0.6) is 0 Å². The second-order valence-corrected chi connectivity index (χ2v) is 8.24. The number of anilines is 2. The lowest BCUT2D eigenvalue weighted by Crippen LogP contribution is -2.22. The van der Waals surface area contributed by atoms with Crippen molar-refractivity contribution in [1.29, 1.82) is 0 Å². The Morgan fingerprint density at radius 3 is 2.66 bits per heavy atom. The average Bonchev–Trinajstić information content (AvgIpc) is 3.40. The molecule has 162 valence electrons. The third-order valence-corrected chi connectivity index (χ3v) is 5.86. The summed E-state index contributed by atoms with van der Waals surface area (Å²) in [5.74, 6) is 4.75. The Hall–Kier alpha value is -3.31. The maximum absolute atomic E-state index is 14.4. The fourth-order valence-corrected chi connectivity index (χ4v) is 3.80. The molecule has 0 N–H and O–H groups in total. The van der Waals surface area contributed by atoms with Crippen LogP contribution in [0.1, 0.15) is 18.4 Å². The van der Waals surface area contributed by atoms with Gasteiger partial charge in [0.1, 0.15) is 23.4 Å².